The van der Waals surface area contributed by atoms with Gasteiger partial charge in [0.25, 0.3) is 0 Å². The van der Waals surface area contributed by atoms with Gasteiger partial charge in [0.1, 0.15) is 12.9 Å². The molecule has 0 atom stereocenters. The highest BCUT2D eigenvalue weighted by atomic mass is 16.5. The number of benzene rings is 2. The molecule has 0 unspecified atom stereocenters. The van der Waals surface area contributed by atoms with Crippen LogP contribution < -0.4 is 0 Å². The Bertz CT molecular complexity index is 573. The quantitative estimate of drug-likeness (QED) is 0.576. The summed E-state index contributed by atoms with van der Waals surface area (Å²) in [5.74, 6) is -0.177. The first-order valence-electron chi connectivity index (χ1n) is 7.01. The fourth-order valence-corrected chi connectivity index (χ4v) is 2.01. The maximum atomic E-state index is 11.6. The molecule has 108 valence electrons. The summed E-state index contributed by atoms with van der Waals surface area (Å²) in [5.41, 5.74) is 2.78. The molecule has 0 aliphatic rings. The van der Waals surface area contributed by atoms with E-state index in [-0.39, 0.29) is 5.97 Å². The van der Waals surface area contributed by atoms with E-state index in [0.717, 1.165) is 30.3 Å². The second-order valence-electron chi connectivity index (χ2n) is 4.86. The van der Waals surface area contributed by atoms with Crippen LogP contribution in [-0.2, 0) is 22.6 Å². The lowest BCUT2D eigenvalue weighted by Crippen LogP contribution is -2.04. The van der Waals surface area contributed by atoms with Gasteiger partial charge in [0.15, 0.2) is 0 Å². The Kier molecular flexibility index (Phi) is 5.71. The van der Waals surface area contributed by atoms with E-state index in [9.17, 15) is 9.59 Å². The molecule has 21 heavy (non-hydrogen) atoms. The van der Waals surface area contributed by atoms with Crippen molar-refractivity contribution in [3.63, 3.8) is 0 Å². The van der Waals surface area contributed by atoms with E-state index in [1.54, 1.807) is 12.1 Å². The van der Waals surface area contributed by atoms with Crippen molar-refractivity contribution in [1.82, 2.24) is 0 Å². The van der Waals surface area contributed by atoms with Gasteiger partial charge in [-0.15, -0.1) is 0 Å². The van der Waals surface area contributed by atoms with Gasteiger partial charge < -0.3 is 4.74 Å². The summed E-state index contributed by atoms with van der Waals surface area (Å²) >= 11 is 0. The molecule has 3 nitrogen and oxygen atoms in total. The average molecular weight is 282 g/mol. The second-order valence-corrected chi connectivity index (χ2v) is 4.86. The van der Waals surface area contributed by atoms with Crippen LogP contribution in [0.5, 0.6) is 0 Å². The van der Waals surface area contributed by atoms with E-state index in [4.69, 9.17) is 4.74 Å². The van der Waals surface area contributed by atoms with Gasteiger partial charge in [-0.3, -0.25) is 9.59 Å². The molecule has 0 amide bonds. The summed E-state index contributed by atoms with van der Waals surface area (Å²) in [6.07, 6.45) is 2.78. The van der Waals surface area contributed by atoms with Crippen LogP contribution in [0.15, 0.2) is 54.6 Å². The maximum absolute atomic E-state index is 11.6. The van der Waals surface area contributed by atoms with Crippen molar-refractivity contribution in [3.05, 3.63) is 71.3 Å². The minimum absolute atomic E-state index is 0.177. The monoisotopic (exact) mass is 282 g/mol. The smallest absolute Gasteiger partial charge is 0.306 e. The molecule has 0 radical (unpaired) electrons. The SMILES string of the molecule is O=Cc1ccc(CCCC(=O)OCc2ccccc2)cc1. The molecule has 0 aliphatic carbocycles. The zero-order valence-corrected chi connectivity index (χ0v) is 11.8. The van der Waals surface area contributed by atoms with E-state index in [1.165, 1.54) is 0 Å². The van der Waals surface area contributed by atoms with Gasteiger partial charge in [0.05, 0.1) is 0 Å². The standard InChI is InChI=1S/C18H18O3/c19-13-16-11-9-15(10-12-16)7-4-8-18(20)21-14-17-5-2-1-3-6-17/h1-3,5-6,9-13H,4,7-8,14H2. The number of esters is 1. The van der Waals surface area contributed by atoms with Crippen molar-refractivity contribution in [2.45, 2.75) is 25.9 Å². The van der Waals surface area contributed by atoms with Crippen molar-refractivity contribution < 1.29 is 14.3 Å². The lowest BCUT2D eigenvalue weighted by molar-refractivity contribution is -0.145. The highest BCUT2D eigenvalue weighted by Crippen LogP contribution is 2.08. The summed E-state index contributed by atoms with van der Waals surface area (Å²) < 4.78 is 5.22. The van der Waals surface area contributed by atoms with Crippen molar-refractivity contribution in [1.29, 1.82) is 0 Å². The fourth-order valence-electron chi connectivity index (χ4n) is 2.01. The van der Waals surface area contributed by atoms with E-state index in [0.29, 0.717) is 18.6 Å². The van der Waals surface area contributed by atoms with Crippen LogP contribution in [0.4, 0.5) is 0 Å². The van der Waals surface area contributed by atoms with E-state index in [2.05, 4.69) is 0 Å². The third-order valence-electron chi connectivity index (χ3n) is 3.20. The van der Waals surface area contributed by atoms with Crippen LogP contribution in [0.25, 0.3) is 0 Å². The third-order valence-corrected chi connectivity index (χ3v) is 3.20. The molecule has 0 aliphatic heterocycles. The topological polar surface area (TPSA) is 43.4 Å². The molecular weight excluding hydrogens is 264 g/mol. The van der Waals surface area contributed by atoms with Gasteiger partial charge in [-0.2, -0.15) is 0 Å². The van der Waals surface area contributed by atoms with Gasteiger partial charge >= 0.3 is 5.97 Å². The first kappa shape index (κ1) is 15.0. The summed E-state index contributed by atoms with van der Waals surface area (Å²) in [4.78, 5) is 22.2. The van der Waals surface area contributed by atoms with Gasteiger partial charge in [-0.25, -0.2) is 0 Å². The van der Waals surface area contributed by atoms with Gasteiger partial charge in [-0.05, 0) is 24.0 Å². The van der Waals surface area contributed by atoms with Crippen LogP contribution in [0, 0.1) is 0 Å². The molecule has 0 spiro atoms. The zero-order chi connectivity index (χ0) is 14.9. The number of carbonyl (C=O) groups excluding carboxylic acids is 2. The molecule has 0 saturated carbocycles. The highest BCUT2D eigenvalue weighted by molar-refractivity contribution is 5.74. The van der Waals surface area contributed by atoms with Gasteiger partial charge in [0.2, 0.25) is 0 Å². The molecule has 0 N–H and O–H groups in total. The average Bonchev–Trinajstić information content (AvgIpc) is 2.54. The largest absolute Gasteiger partial charge is 0.461 e. The van der Waals surface area contributed by atoms with Crippen LogP contribution in [-0.4, -0.2) is 12.3 Å². The van der Waals surface area contributed by atoms with Crippen LogP contribution in [0.1, 0.15) is 34.3 Å². The summed E-state index contributed by atoms with van der Waals surface area (Å²) in [5, 5.41) is 0. The van der Waals surface area contributed by atoms with E-state index >= 15 is 0 Å². The Hall–Kier alpha value is -2.42. The fraction of sp³-hybridized carbons (Fsp3) is 0.222. The minimum atomic E-state index is -0.177. The number of hydrogen-bond acceptors (Lipinski definition) is 3. The molecule has 0 fully saturated rings. The number of aryl methyl sites for hydroxylation is 1. The molecule has 2 aromatic rings. The number of carbonyl (C=O) groups is 2. The first-order chi connectivity index (χ1) is 10.3. The van der Waals surface area contributed by atoms with Crippen molar-refractivity contribution in [3.8, 4) is 0 Å². The van der Waals surface area contributed by atoms with Crippen molar-refractivity contribution in [2.75, 3.05) is 0 Å². The molecular formula is C18H18O3. The minimum Gasteiger partial charge on any atom is -0.461 e. The molecule has 0 heterocycles. The zero-order valence-electron chi connectivity index (χ0n) is 11.8. The Morgan fingerprint density at radius 2 is 1.67 bits per heavy atom. The number of ether oxygens (including phenoxy) is 1. The molecule has 0 bridgehead atoms. The summed E-state index contributed by atoms with van der Waals surface area (Å²) in [7, 11) is 0. The lowest BCUT2D eigenvalue weighted by atomic mass is 10.1. The number of rotatable bonds is 7. The normalized spacial score (nSPS) is 10.1. The Balaban J connectivity index is 1.68. The molecule has 2 aromatic carbocycles. The third kappa shape index (κ3) is 5.22. The summed E-state index contributed by atoms with van der Waals surface area (Å²) in [6, 6.07) is 17.0. The predicted octanol–water partition coefficient (Wildman–Crippen LogP) is 3.57. The number of aldehydes is 1. The maximum Gasteiger partial charge on any atom is 0.306 e. The second kappa shape index (κ2) is 8.00. The molecule has 2 rings (SSSR count). The van der Waals surface area contributed by atoms with E-state index in [1.807, 2.05) is 42.5 Å². The van der Waals surface area contributed by atoms with Gasteiger partial charge in [0, 0.05) is 12.0 Å². The Morgan fingerprint density at radius 3 is 2.33 bits per heavy atom. The van der Waals surface area contributed by atoms with Gasteiger partial charge in [-0.1, -0.05) is 54.6 Å². The molecule has 0 saturated heterocycles. The van der Waals surface area contributed by atoms with E-state index < -0.39 is 0 Å². The van der Waals surface area contributed by atoms with Crippen LogP contribution >= 0.6 is 0 Å². The van der Waals surface area contributed by atoms with Crippen molar-refractivity contribution in [2.24, 2.45) is 0 Å². The lowest BCUT2D eigenvalue weighted by Gasteiger charge is -2.05. The molecule has 3 heteroatoms. The predicted molar refractivity (Wildman–Crippen MR) is 81.0 cm³/mol. The Labute approximate surface area is 124 Å². The summed E-state index contributed by atoms with van der Waals surface area (Å²) in [6.45, 7) is 0.327. The van der Waals surface area contributed by atoms with Crippen LogP contribution in [0.2, 0.25) is 0 Å². The van der Waals surface area contributed by atoms with Crippen LogP contribution in [0.3, 0.4) is 0 Å². The molecule has 0 aromatic heterocycles. The highest BCUT2D eigenvalue weighted by Gasteiger charge is 2.04. The Morgan fingerprint density at radius 1 is 0.952 bits per heavy atom. The first-order valence-corrected chi connectivity index (χ1v) is 7.01. The van der Waals surface area contributed by atoms with Crippen molar-refractivity contribution >= 4 is 12.3 Å². The number of hydrogen-bond donors (Lipinski definition) is 0.